The maximum Gasteiger partial charge on any atom is 0.332 e. The number of amides is 3. The number of ether oxygens (including phenoxy) is 1. The first-order chi connectivity index (χ1) is 6.97. The topological polar surface area (TPSA) is 105 Å². The molecule has 0 aliphatic heterocycles. The van der Waals surface area contributed by atoms with Crippen LogP contribution in [-0.4, -0.2) is 42.3 Å². The molecule has 1 atom stereocenters. The van der Waals surface area contributed by atoms with Gasteiger partial charge in [0.05, 0.1) is 0 Å². The fourth-order valence-electron chi connectivity index (χ4n) is 0.639. The predicted octanol–water partition coefficient (Wildman–Crippen LogP) is -0.678. The number of carboxylic acids is 1. The highest BCUT2D eigenvalue weighted by atomic mass is 16.5. The molecule has 0 aliphatic carbocycles. The van der Waals surface area contributed by atoms with Crippen LogP contribution in [0.3, 0.4) is 0 Å². The molecule has 0 fully saturated rings. The van der Waals surface area contributed by atoms with Crippen molar-refractivity contribution in [2.45, 2.75) is 20.0 Å². The van der Waals surface area contributed by atoms with Gasteiger partial charge in [0, 0.05) is 6.54 Å². The van der Waals surface area contributed by atoms with Crippen LogP contribution in [0.1, 0.15) is 13.8 Å². The highest BCUT2D eigenvalue weighted by Crippen LogP contribution is 1.89. The van der Waals surface area contributed by atoms with Crippen LogP contribution in [0.4, 0.5) is 4.79 Å². The number of carboxylic acid groups (broad SMARTS) is 1. The summed E-state index contributed by atoms with van der Waals surface area (Å²) in [6.45, 7) is 2.92. The van der Waals surface area contributed by atoms with Crippen molar-refractivity contribution in [1.82, 2.24) is 10.6 Å². The third-order valence-corrected chi connectivity index (χ3v) is 1.40. The number of carbonyl (C=O) groups is 3. The molecule has 0 aromatic rings. The van der Waals surface area contributed by atoms with Crippen LogP contribution in [0.2, 0.25) is 0 Å². The second-order valence-corrected chi connectivity index (χ2v) is 2.70. The summed E-state index contributed by atoms with van der Waals surface area (Å²) in [7, 11) is 0. The minimum Gasteiger partial charge on any atom is -0.479 e. The molecule has 0 aromatic heterocycles. The first-order valence-corrected chi connectivity index (χ1v) is 4.39. The van der Waals surface area contributed by atoms with E-state index >= 15 is 0 Å². The van der Waals surface area contributed by atoms with Crippen molar-refractivity contribution in [3.8, 4) is 0 Å². The zero-order valence-electron chi connectivity index (χ0n) is 8.57. The van der Waals surface area contributed by atoms with E-state index in [0.29, 0.717) is 6.54 Å². The monoisotopic (exact) mass is 218 g/mol. The lowest BCUT2D eigenvalue weighted by Gasteiger charge is -2.08. The van der Waals surface area contributed by atoms with Gasteiger partial charge >= 0.3 is 12.0 Å². The molecule has 3 N–H and O–H groups in total. The summed E-state index contributed by atoms with van der Waals surface area (Å²) in [5, 5.41) is 12.7. The number of aliphatic carboxylic acids is 1. The van der Waals surface area contributed by atoms with Crippen LogP contribution < -0.4 is 10.6 Å². The summed E-state index contributed by atoms with van der Waals surface area (Å²) in [5.41, 5.74) is 0. The molecule has 0 saturated heterocycles. The molecular formula is C8H14N2O5. The third kappa shape index (κ3) is 6.44. The van der Waals surface area contributed by atoms with E-state index in [1.54, 1.807) is 6.92 Å². The van der Waals surface area contributed by atoms with Gasteiger partial charge in [-0.3, -0.25) is 10.1 Å². The summed E-state index contributed by atoms with van der Waals surface area (Å²) >= 11 is 0. The lowest BCUT2D eigenvalue weighted by Crippen LogP contribution is -2.41. The van der Waals surface area contributed by atoms with Gasteiger partial charge in [0.25, 0.3) is 5.91 Å². The second-order valence-electron chi connectivity index (χ2n) is 2.70. The van der Waals surface area contributed by atoms with Gasteiger partial charge in [-0.1, -0.05) is 0 Å². The van der Waals surface area contributed by atoms with Crippen LogP contribution in [0, 0.1) is 0 Å². The van der Waals surface area contributed by atoms with Crippen molar-refractivity contribution in [3.63, 3.8) is 0 Å². The van der Waals surface area contributed by atoms with Crippen molar-refractivity contribution in [2.75, 3.05) is 13.2 Å². The quantitative estimate of drug-likeness (QED) is 0.567. The van der Waals surface area contributed by atoms with Crippen molar-refractivity contribution < 1.29 is 24.2 Å². The maximum absolute atomic E-state index is 11.0. The minimum absolute atomic E-state index is 0.394. The zero-order valence-corrected chi connectivity index (χ0v) is 8.57. The molecule has 15 heavy (non-hydrogen) atoms. The molecule has 0 saturated carbocycles. The molecule has 0 aromatic carbocycles. The molecular weight excluding hydrogens is 204 g/mol. The summed E-state index contributed by atoms with van der Waals surface area (Å²) < 4.78 is 4.65. The number of carbonyl (C=O) groups excluding carboxylic acids is 2. The van der Waals surface area contributed by atoms with Crippen molar-refractivity contribution in [3.05, 3.63) is 0 Å². The lowest BCUT2D eigenvalue weighted by molar-refractivity contribution is -0.150. The van der Waals surface area contributed by atoms with Gasteiger partial charge in [-0.05, 0) is 13.8 Å². The normalized spacial score (nSPS) is 11.6. The van der Waals surface area contributed by atoms with Crippen molar-refractivity contribution in [1.29, 1.82) is 0 Å². The zero-order chi connectivity index (χ0) is 11.8. The standard InChI is InChI=1S/C8H14N2O5/c1-3-9-8(14)10-6(11)4-15-5(2)7(12)13/h5H,3-4H2,1-2H3,(H,12,13)(H2,9,10,11,14)/t5-/m1/s1. The number of urea groups is 1. The van der Waals surface area contributed by atoms with Gasteiger partial charge in [0.15, 0.2) is 6.10 Å². The Hall–Kier alpha value is -1.63. The van der Waals surface area contributed by atoms with Gasteiger partial charge in [-0.15, -0.1) is 0 Å². The Morgan fingerprint density at radius 3 is 2.47 bits per heavy atom. The first kappa shape index (κ1) is 13.4. The van der Waals surface area contributed by atoms with E-state index in [0.717, 1.165) is 0 Å². The number of imide groups is 1. The summed E-state index contributed by atoms with van der Waals surface area (Å²) in [6.07, 6.45) is -1.08. The highest BCUT2D eigenvalue weighted by molar-refractivity contribution is 5.94. The number of nitrogens with one attached hydrogen (secondary N) is 2. The van der Waals surface area contributed by atoms with Gasteiger partial charge in [-0.2, -0.15) is 0 Å². The van der Waals surface area contributed by atoms with Gasteiger partial charge < -0.3 is 15.2 Å². The van der Waals surface area contributed by atoms with E-state index in [-0.39, 0.29) is 0 Å². The van der Waals surface area contributed by atoms with Crippen LogP contribution >= 0.6 is 0 Å². The Morgan fingerprint density at radius 1 is 1.40 bits per heavy atom. The van der Waals surface area contributed by atoms with E-state index in [4.69, 9.17) is 5.11 Å². The Balaban J connectivity index is 3.75. The number of hydrogen-bond acceptors (Lipinski definition) is 4. The Bertz CT molecular complexity index is 253. The summed E-state index contributed by atoms with van der Waals surface area (Å²) in [5.74, 6) is -1.85. The van der Waals surface area contributed by atoms with Crippen molar-refractivity contribution in [2.24, 2.45) is 0 Å². The van der Waals surface area contributed by atoms with Crippen LogP contribution in [0.15, 0.2) is 0 Å². The van der Waals surface area contributed by atoms with Gasteiger partial charge in [0.2, 0.25) is 0 Å². The minimum atomic E-state index is -1.17. The van der Waals surface area contributed by atoms with E-state index in [9.17, 15) is 14.4 Å². The number of rotatable bonds is 5. The van der Waals surface area contributed by atoms with Crippen molar-refractivity contribution >= 4 is 17.9 Å². The Kier molecular flexibility index (Phi) is 6.03. The lowest BCUT2D eigenvalue weighted by atomic mass is 10.4. The molecule has 3 amide bonds. The fourth-order valence-corrected chi connectivity index (χ4v) is 0.639. The predicted molar refractivity (Wildman–Crippen MR) is 50.3 cm³/mol. The smallest absolute Gasteiger partial charge is 0.332 e. The summed E-state index contributed by atoms with van der Waals surface area (Å²) in [6, 6.07) is -0.630. The van der Waals surface area contributed by atoms with E-state index < -0.39 is 30.6 Å². The van der Waals surface area contributed by atoms with E-state index in [1.807, 2.05) is 5.32 Å². The number of hydrogen-bond donors (Lipinski definition) is 3. The fraction of sp³-hybridized carbons (Fsp3) is 0.625. The first-order valence-electron chi connectivity index (χ1n) is 4.39. The Morgan fingerprint density at radius 2 is 2.00 bits per heavy atom. The van der Waals surface area contributed by atoms with Crippen LogP contribution in [0.5, 0.6) is 0 Å². The molecule has 0 aliphatic rings. The largest absolute Gasteiger partial charge is 0.479 e. The third-order valence-electron chi connectivity index (χ3n) is 1.40. The maximum atomic E-state index is 11.0. The van der Waals surface area contributed by atoms with Gasteiger partial charge in [-0.25, -0.2) is 9.59 Å². The summed E-state index contributed by atoms with van der Waals surface area (Å²) in [4.78, 5) is 32.1. The Labute approximate surface area is 86.8 Å². The van der Waals surface area contributed by atoms with E-state index in [2.05, 4.69) is 10.1 Å². The SMILES string of the molecule is CCNC(=O)NC(=O)CO[C@H](C)C(=O)O. The van der Waals surface area contributed by atoms with Crippen LogP contribution in [-0.2, 0) is 14.3 Å². The van der Waals surface area contributed by atoms with Gasteiger partial charge in [0.1, 0.15) is 6.61 Å². The molecule has 0 bridgehead atoms. The molecule has 0 rings (SSSR count). The van der Waals surface area contributed by atoms with Crippen LogP contribution in [0.25, 0.3) is 0 Å². The molecule has 0 unspecified atom stereocenters. The average molecular weight is 218 g/mol. The molecule has 0 radical (unpaired) electrons. The molecule has 86 valence electrons. The average Bonchev–Trinajstić information content (AvgIpc) is 2.14. The highest BCUT2D eigenvalue weighted by Gasteiger charge is 2.14. The molecule has 0 heterocycles. The molecule has 0 spiro atoms. The molecule has 7 nitrogen and oxygen atoms in total. The molecule has 7 heteroatoms. The second kappa shape index (κ2) is 6.77. The van der Waals surface area contributed by atoms with E-state index in [1.165, 1.54) is 6.92 Å².